The minimum Gasteiger partial charge on any atom is -0.290 e. The lowest BCUT2D eigenvalue weighted by atomic mass is 9.77. The number of carbonyl (C=O) groups excluding carboxylic acids is 1. The molecule has 2 aliphatic rings. The van der Waals surface area contributed by atoms with Crippen LogP contribution in [0.25, 0.3) is 22.5 Å². The van der Waals surface area contributed by atoms with Crippen LogP contribution in [0.2, 0.25) is 0 Å². The van der Waals surface area contributed by atoms with Crippen LogP contribution < -0.4 is 0 Å². The maximum Gasteiger partial charge on any atom is 0.278 e. The van der Waals surface area contributed by atoms with Gasteiger partial charge in [0.2, 0.25) is 0 Å². The molecule has 1 saturated carbocycles. The van der Waals surface area contributed by atoms with E-state index in [0.29, 0.717) is 24.0 Å². The summed E-state index contributed by atoms with van der Waals surface area (Å²) >= 11 is 0. The van der Waals surface area contributed by atoms with Gasteiger partial charge in [-0.15, -0.1) is 5.10 Å². The predicted molar refractivity (Wildman–Crippen MR) is 192 cm³/mol. The molecule has 7 nitrogen and oxygen atoms in total. The summed E-state index contributed by atoms with van der Waals surface area (Å²) in [6.07, 6.45) is 2.18. The van der Waals surface area contributed by atoms with Gasteiger partial charge in [-0.3, -0.25) is 9.69 Å². The van der Waals surface area contributed by atoms with Crippen LogP contribution in [0.3, 0.4) is 0 Å². The predicted octanol–water partition coefficient (Wildman–Crippen LogP) is 8.29. The lowest BCUT2D eigenvalue weighted by Crippen LogP contribution is -2.39. The summed E-state index contributed by atoms with van der Waals surface area (Å²) in [5.41, 5.74) is 7.84. The third-order valence-corrected chi connectivity index (χ3v) is 9.50. The smallest absolute Gasteiger partial charge is 0.278 e. The first-order valence-corrected chi connectivity index (χ1v) is 16.8. The van der Waals surface area contributed by atoms with Crippen LogP contribution in [0.1, 0.15) is 48.9 Å². The van der Waals surface area contributed by atoms with Gasteiger partial charge < -0.3 is 0 Å². The van der Waals surface area contributed by atoms with Crippen molar-refractivity contribution in [2.45, 2.75) is 38.8 Å². The fraction of sp³-hybridized carbons (Fsp3) is 0.167. The van der Waals surface area contributed by atoms with E-state index in [9.17, 15) is 4.79 Å². The Morgan fingerprint density at radius 2 is 1.22 bits per heavy atom. The van der Waals surface area contributed by atoms with E-state index >= 15 is 0 Å². The van der Waals surface area contributed by atoms with Crippen molar-refractivity contribution in [3.05, 3.63) is 173 Å². The van der Waals surface area contributed by atoms with E-state index in [1.54, 1.807) is 0 Å². The van der Waals surface area contributed by atoms with Crippen molar-refractivity contribution in [1.82, 2.24) is 25.1 Å². The first-order valence-electron chi connectivity index (χ1n) is 16.8. The van der Waals surface area contributed by atoms with Gasteiger partial charge in [-0.05, 0) is 76.1 Å². The molecule has 0 N–H and O–H groups in total. The van der Waals surface area contributed by atoms with Gasteiger partial charge >= 0.3 is 0 Å². The minimum absolute atomic E-state index is 0.00175. The average Bonchev–Trinajstić information content (AvgIpc) is 3.79. The van der Waals surface area contributed by atoms with Crippen molar-refractivity contribution in [3.8, 4) is 22.5 Å². The molecule has 0 atom stereocenters. The Kier molecular flexibility index (Phi) is 7.80. The van der Waals surface area contributed by atoms with Crippen LogP contribution in [0.15, 0.2) is 156 Å². The number of aliphatic imine (C=N–C) groups is 1. The van der Waals surface area contributed by atoms with Crippen LogP contribution in [-0.4, -0.2) is 36.8 Å². The van der Waals surface area contributed by atoms with Crippen LogP contribution in [-0.2, 0) is 16.9 Å². The maximum absolute atomic E-state index is 13.3. The number of allylic oxidation sites excluding steroid dienone is 1. The topological polar surface area (TPSA) is 76.3 Å². The highest BCUT2D eigenvalue weighted by molar-refractivity contribution is 6.13. The van der Waals surface area contributed by atoms with E-state index < -0.39 is 5.54 Å². The Bertz CT molecular complexity index is 2080. The van der Waals surface area contributed by atoms with E-state index in [-0.39, 0.29) is 5.91 Å². The van der Waals surface area contributed by atoms with Crippen molar-refractivity contribution in [3.63, 3.8) is 0 Å². The Balaban J connectivity index is 1.22. The van der Waals surface area contributed by atoms with E-state index in [1.165, 1.54) is 0 Å². The number of hydrogen-bond donors (Lipinski definition) is 0. The molecular formula is C42H36N6O. The summed E-state index contributed by atoms with van der Waals surface area (Å²) in [5.74, 6) is 1.95. The molecule has 2 heterocycles. The van der Waals surface area contributed by atoms with Crippen molar-refractivity contribution in [2.24, 2.45) is 10.9 Å². The number of carbonyl (C=O) groups is 1. The molecule has 0 unspecified atom stereocenters. The van der Waals surface area contributed by atoms with Crippen molar-refractivity contribution in [1.29, 1.82) is 0 Å². The Hall–Kier alpha value is -5.95. The van der Waals surface area contributed by atoms with Gasteiger partial charge in [0.1, 0.15) is 17.1 Å². The molecular weight excluding hydrogens is 605 g/mol. The second-order valence-corrected chi connectivity index (χ2v) is 12.9. The fourth-order valence-corrected chi connectivity index (χ4v) is 6.97. The second kappa shape index (κ2) is 12.6. The number of benzene rings is 5. The van der Waals surface area contributed by atoms with Crippen molar-refractivity contribution < 1.29 is 4.79 Å². The Morgan fingerprint density at radius 1 is 0.694 bits per heavy atom. The number of amides is 1. The summed E-state index contributed by atoms with van der Waals surface area (Å²) in [5, 5.41) is 13.8. The fourth-order valence-electron chi connectivity index (χ4n) is 6.97. The summed E-state index contributed by atoms with van der Waals surface area (Å²) in [4.78, 5) is 19.9. The van der Waals surface area contributed by atoms with Crippen LogP contribution in [0, 0.1) is 5.92 Å². The molecule has 1 aromatic heterocycles. The zero-order valence-electron chi connectivity index (χ0n) is 27.6. The van der Waals surface area contributed by atoms with Crippen LogP contribution in [0.5, 0.6) is 0 Å². The molecule has 7 heteroatoms. The van der Waals surface area contributed by atoms with Gasteiger partial charge in [0, 0.05) is 11.5 Å². The van der Waals surface area contributed by atoms with Crippen LogP contribution in [0.4, 0.5) is 0 Å². The molecule has 1 amide bonds. The molecule has 8 rings (SSSR count). The van der Waals surface area contributed by atoms with Crippen molar-refractivity contribution >= 4 is 11.7 Å². The number of tetrazole rings is 1. The highest BCUT2D eigenvalue weighted by Crippen LogP contribution is 2.43. The quantitative estimate of drug-likeness (QED) is 0.118. The molecule has 0 bridgehead atoms. The van der Waals surface area contributed by atoms with Crippen molar-refractivity contribution in [2.75, 3.05) is 0 Å². The summed E-state index contributed by atoms with van der Waals surface area (Å²) in [6.45, 7) is 4.41. The first kappa shape index (κ1) is 30.4. The largest absolute Gasteiger partial charge is 0.290 e. The van der Waals surface area contributed by atoms with Gasteiger partial charge in [0.05, 0.1) is 6.54 Å². The third kappa shape index (κ3) is 5.37. The van der Waals surface area contributed by atoms with E-state index in [4.69, 9.17) is 15.3 Å². The van der Waals surface area contributed by atoms with E-state index in [1.807, 2.05) is 53.8 Å². The molecule has 6 aromatic rings. The second-order valence-electron chi connectivity index (χ2n) is 12.9. The molecule has 240 valence electrons. The van der Waals surface area contributed by atoms with Crippen LogP contribution >= 0.6 is 0 Å². The summed E-state index contributed by atoms with van der Waals surface area (Å²) < 4.78 is 1.97. The minimum atomic E-state index is -0.854. The van der Waals surface area contributed by atoms with Gasteiger partial charge in [-0.2, -0.15) is 0 Å². The average molecular weight is 641 g/mol. The molecule has 49 heavy (non-hydrogen) atoms. The maximum atomic E-state index is 13.3. The van der Waals surface area contributed by atoms with Gasteiger partial charge in [0.15, 0.2) is 5.82 Å². The number of aromatic nitrogens is 4. The molecule has 5 aromatic carbocycles. The molecule has 1 fully saturated rings. The number of hydrogen-bond acceptors (Lipinski definition) is 5. The highest BCUT2D eigenvalue weighted by atomic mass is 16.2. The first-order chi connectivity index (χ1) is 24.1. The third-order valence-electron chi connectivity index (χ3n) is 9.50. The zero-order chi connectivity index (χ0) is 33.4. The lowest BCUT2D eigenvalue weighted by molar-refractivity contribution is -0.123. The molecule has 1 aliphatic carbocycles. The summed E-state index contributed by atoms with van der Waals surface area (Å²) in [7, 11) is 0. The molecule has 1 aliphatic heterocycles. The SMILES string of the molecule is CC(C)=C1N=C(C2CC2)N(Cc2ccc(-c3ccccc3-c3nnnn3C(c3ccccc3)(c3ccccc3)c3ccccc3)cc2)C1=O. The zero-order valence-corrected chi connectivity index (χ0v) is 27.6. The van der Waals surface area contributed by atoms with Gasteiger partial charge in [-0.1, -0.05) is 140 Å². The lowest BCUT2D eigenvalue weighted by Gasteiger charge is -2.36. The number of rotatable bonds is 9. The van der Waals surface area contributed by atoms with Gasteiger partial charge in [-0.25, -0.2) is 9.67 Å². The monoisotopic (exact) mass is 640 g/mol. The molecule has 0 saturated heterocycles. The van der Waals surface area contributed by atoms with Gasteiger partial charge in [0.25, 0.3) is 5.91 Å². The van der Waals surface area contributed by atoms with E-state index in [2.05, 4.69) is 114 Å². The molecule has 0 radical (unpaired) electrons. The summed E-state index contributed by atoms with van der Waals surface area (Å²) in [6, 6.07) is 48.0. The highest BCUT2D eigenvalue weighted by Gasteiger charge is 2.42. The Morgan fingerprint density at radius 3 is 1.76 bits per heavy atom. The number of amidine groups is 1. The standard InChI is InChI=1S/C42H36N6O/c1-29(2)38-41(49)47(39(43-38)32-26-27-32)28-30-22-24-31(25-23-30)36-20-12-13-21-37(36)40-44-45-46-48(40)42(33-14-6-3-7-15-33,34-16-8-4-9-17-34)35-18-10-5-11-19-35/h3-25,32H,26-28H2,1-2H3. The molecule has 0 spiro atoms. The normalized spacial score (nSPS) is 14.7. The number of nitrogens with zero attached hydrogens (tertiary/aromatic N) is 6. The Labute approximate surface area is 286 Å². The van der Waals surface area contributed by atoms with E-state index in [0.717, 1.165) is 63.2 Å².